The van der Waals surface area contributed by atoms with Gasteiger partial charge in [0.05, 0.1) is 6.61 Å². The zero-order valence-corrected chi connectivity index (χ0v) is 37.7. The van der Waals surface area contributed by atoms with Crippen LogP contribution in [0, 0.1) is 5.92 Å². The first kappa shape index (κ1) is 52.7. The lowest BCUT2D eigenvalue weighted by atomic mass is 9.92. The van der Waals surface area contributed by atoms with Crippen molar-refractivity contribution in [2.75, 3.05) is 46.1 Å². The molecule has 0 N–H and O–H groups in total. The van der Waals surface area contributed by atoms with E-state index in [4.69, 9.17) is 4.74 Å². The van der Waals surface area contributed by atoms with Gasteiger partial charge < -0.3 is 14.5 Å². The van der Waals surface area contributed by atoms with Crippen LogP contribution in [-0.4, -0.2) is 67.1 Å². The summed E-state index contributed by atoms with van der Waals surface area (Å²) in [6.07, 6.45) is 47.0. The van der Waals surface area contributed by atoms with Crippen molar-refractivity contribution in [3.05, 3.63) is 24.3 Å². The van der Waals surface area contributed by atoms with Crippen molar-refractivity contribution in [3.63, 3.8) is 0 Å². The lowest BCUT2D eigenvalue weighted by molar-refractivity contribution is -0.144. The van der Waals surface area contributed by atoms with E-state index >= 15 is 0 Å². The van der Waals surface area contributed by atoms with Gasteiger partial charge in [0.15, 0.2) is 0 Å². The Kier molecular flexibility index (Phi) is 41.9. The third-order valence-corrected chi connectivity index (χ3v) is 11.6. The fourth-order valence-electron chi connectivity index (χ4n) is 7.01. The summed E-state index contributed by atoms with van der Waals surface area (Å²) in [6, 6.07) is 0. The topological polar surface area (TPSA) is 49.9 Å². The maximum absolute atomic E-state index is 13.1. The van der Waals surface area contributed by atoms with E-state index in [1.807, 2.05) is 0 Å². The summed E-state index contributed by atoms with van der Waals surface area (Å²) in [5.41, 5.74) is 0. The number of rotatable bonds is 41. The first-order valence-corrected chi connectivity index (χ1v) is 24.4. The van der Waals surface area contributed by atoms with Crippen LogP contribution >= 0.6 is 11.8 Å². The second kappa shape index (κ2) is 42.9. The van der Waals surface area contributed by atoms with Gasteiger partial charge in [-0.1, -0.05) is 192 Å². The van der Waals surface area contributed by atoms with Crippen molar-refractivity contribution >= 4 is 23.0 Å². The zero-order valence-electron chi connectivity index (χ0n) is 36.9. The van der Waals surface area contributed by atoms with E-state index < -0.39 is 0 Å². The Labute approximate surface area is 342 Å². The molecule has 1 atom stereocenters. The normalized spacial score (nSPS) is 12.4. The standard InChI is InChI=1S/C48H92N2O3S/c1-6-9-12-15-17-18-19-20-21-22-23-24-25-26-30-35-41-50(48(52)54-45-43-49(4)5)42-36-31-27-29-34-39-47(51)53-44-40-46(37-32-14-11-8-3)38-33-28-16-13-10-7-2/h18-19,21-22,46H,6-17,20,23-45H2,1-5H3/b19-18-,22-21-. The number of nitrogens with zero attached hydrogens (tertiary/aromatic N) is 2. The highest BCUT2D eigenvalue weighted by Gasteiger charge is 2.14. The van der Waals surface area contributed by atoms with Gasteiger partial charge in [-0.25, -0.2) is 0 Å². The molecule has 0 radical (unpaired) electrons. The van der Waals surface area contributed by atoms with Crippen molar-refractivity contribution in [2.45, 2.75) is 220 Å². The average molecular weight is 777 g/mol. The van der Waals surface area contributed by atoms with E-state index in [1.165, 1.54) is 153 Å². The van der Waals surface area contributed by atoms with Gasteiger partial charge in [-0.05, 0) is 77.8 Å². The van der Waals surface area contributed by atoms with E-state index in [1.54, 1.807) is 0 Å². The third kappa shape index (κ3) is 39.0. The number of esters is 1. The molecule has 0 aliphatic carbocycles. The molecular weight excluding hydrogens is 685 g/mol. The summed E-state index contributed by atoms with van der Waals surface area (Å²) in [5, 5.41) is 0.245. The molecule has 54 heavy (non-hydrogen) atoms. The van der Waals surface area contributed by atoms with Crippen LogP contribution in [0.2, 0.25) is 0 Å². The molecule has 1 unspecified atom stereocenters. The van der Waals surface area contributed by atoms with E-state index in [0.29, 0.717) is 18.9 Å². The van der Waals surface area contributed by atoms with Gasteiger partial charge in [0.2, 0.25) is 0 Å². The molecule has 0 fully saturated rings. The molecule has 1 amide bonds. The number of ether oxygens (including phenoxy) is 1. The average Bonchev–Trinajstić information content (AvgIpc) is 3.15. The molecule has 0 spiro atoms. The number of carbonyl (C=O) groups excluding carboxylic acids is 2. The molecule has 318 valence electrons. The summed E-state index contributed by atoms with van der Waals surface area (Å²) in [5.74, 6) is 1.54. The highest BCUT2D eigenvalue weighted by Crippen LogP contribution is 2.22. The maximum atomic E-state index is 13.1. The number of thioether (sulfide) groups is 1. The van der Waals surface area contributed by atoms with E-state index in [-0.39, 0.29) is 11.2 Å². The Morgan fingerprint density at radius 1 is 0.537 bits per heavy atom. The van der Waals surface area contributed by atoms with Gasteiger partial charge in [0.25, 0.3) is 5.24 Å². The lowest BCUT2D eigenvalue weighted by Crippen LogP contribution is -2.30. The number of hydrogen-bond donors (Lipinski definition) is 0. The SMILES string of the molecule is CCCCCC/C=C\C/C=C\CCCCCCCN(CCCCCCCC(=O)OCCC(CCCCCC)CCCCCCCC)C(=O)SCCN(C)C. The minimum Gasteiger partial charge on any atom is -0.466 e. The Balaban J connectivity index is 4.23. The minimum absolute atomic E-state index is 0.0153. The number of hydrogen-bond acceptors (Lipinski definition) is 5. The molecule has 6 heteroatoms. The van der Waals surface area contributed by atoms with Gasteiger partial charge in [-0.15, -0.1) is 0 Å². The van der Waals surface area contributed by atoms with E-state index in [2.05, 4.69) is 69.0 Å². The van der Waals surface area contributed by atoms with Crippen LogP contribution in [0.15, 0.2) is 24.3 Å². The highest BCUT2D eigenvalue weighted by atomic mass is 32.2. The van der Waals surface area contributed by atoms with Crippen LogP contribution in [0.5, 0.6) is 0 Å². The molecule has 0 aromatic heterocycles. The van der Waals surface area contributed by atoms with Gasteiger partial charge in [-0.2, -0.15) is 0 Å². The number of carbonyl (C=O) groups is 2. The first-order chi connectivity index (χ1) is 26.4. The zero-order chi connectivity index (χ0) is 39.6. The van der Waals surface area contributed by atoms with Gasteiger partial charge in [-0.3, -0.25) is 9.59 Å². The maximum Gasteiger partial charge on any atom is 0.305 e. The lowest BCUT2D eigenvalue weighted by Gasteiger charge is -2.22. The predicted molar refractivity (Wildman–Crippen MR) is 241 cm³/mol. The van der Waals surface area contributed by atoms with Crippen molar-refractivity contribution < 1.29 is 14.3 Å². The monoisotopic (exact) mass is 777 g/mol. The summed E-state index contributed by atoms with van der Waals surface area (Å²) in [7, 11) is 4.13. The summed E-state index contributed by atoms with van der Waals surface area (Å²) >= 11 is 1.48. The number of unbranched alkanes of at least 4 members (excludes halogenated alkanes) is 21. The van der Waals surface area contributed by atoms with Crippen LogP contribution in [0.1, 0.15) is 220 Å². The molecule has 0 aromatic rings. The Morgan fingerprint density at radius 3 is 1.56 bits per heavy atom. The Morgan fingerprint density at radius 2 is 1.00 bits per heavy atom. The van der Waals surface area contributed by atoms with Crippen LogP contribution in [0.25, 0.3) is 0 Å². The van der Waals surface area contributed by atoms with Crippen LogP contribution in [0.3, 0.4) is 0 Å². The largest absolute Gasteiger partial charge is 0.466 e. The van der Waals surface area contributed by atoms with Gasteiger partial charge in [0, 0.05) is 31.8 Å². The Bertz CT molecular complexity index is 861. The van der Waals surface area contributed by atoms with E-state index in [0.717, 1.165) is 76.8 Å². The molecule has 0 aliphatic rings. The van der Waals surface area contributed by atoms with Crippen molar-refractivity contribution in [1.82, 2.24) is 9.80 Å². The highest BCUT2D eigenvalue weighted by molar-refractivity contribution is 8.13. The summed E-state index contributed by atoms with van der Waals surface area (Å²) in [4.78, 5) is 29.8. The summed E-state index contributed by atoms with van der Waals surface area (Å²) < 4.78 is 5.71. The molecule has 0 aliphatic heterocycles. The fourth-order valence-corrected chi connectivity index (χ4v) is 8.01. The smallest absolute Gasteiger partial charge is 0.305 e. The van der Waals surface area contributed by atoms with Crippen LogP contribution < -0.4 is 0 Å². The molecule has 5 nitrogen and oxygen atoms in total. The molecule has 0 bridgehead atoms. The first-order valence-electron chi connectivity index (χ1n) is 23.5. The molecule has 0 saturated carbocycles. The molecule has 0 saturated heterocycles. The van der Waals surface area contributed by atoms with Crippen LogP contribution in [-0.2, 0) is 9.53 Å². The second-order valence-corrected chi connectivity index (χ2v) is 17.3. The number of allylic oxidation sites excluding steroid dienone is 4. The summed E-state index contributed by atoms with van der Waals surface area (Å²) in [6.45, 7) is 10.1. The molecule has 0 aromatic carbocycles. The van der Waals surface area contributed by atoms with Crippen molar-refractivity contribution in [2.24, 2.45) is 5.92 Å². The van der Waals surface area contributed by atoms with Crippen LogP contribution in [0.4, 0.5) is 4.79 Å². The molecular formula is C48H92N2O3S. The second-order valence-electron chi connectivity index (χ2n) is 16.3. The molecule has 0 heterocycles. The van der Waals surface area contributed by atoms with E-state index in [9.17, 15) is 9.59 Å². The quantitative estimate of drug-likeness (QED) is 0.0352. The minimum atomic E-state index is -0.0153. The predicted octanol–water partition coefficient (Wildman–Crippen LogP) is 15.1. The van der Waals surface area contributed by atoms with Crippen molar-refractivity contribution in [1.29, 1.82) is 0 Å². The Hall–Kier alpha value is -1.27. The third-order valence-electron chi connectivity index (χ3n) is 10.7. The fraction of sp³-hybridized carbons (Fsp3) is 0.875. The van der Waals surface area contributed by atoms with Crippen molar-refractivity contribution in [3.8, 4) is 0 Å². The van der Waals surface area contributed by atoms with Gasteiger partial charge in [0.1, 0.15) is 0 Å². The molecule has 0 rings (SSSR count). The van der Waals surface area contributed by atoms with Gasteiger partial charge >= 0.3 is 5.97 Å². The number of amides is 1.